The van der Waals surface area contributed by atoms with Gasteiger partial charge in [0.05, 0.1) is 22.7 Å². The summed E-state index contributed by atoms with van der Waals surface area (Å²) < 4.78 is 17.4. The number of thiophene rings is 1. The van der Waals surface area contributed by atoms with E-state index >= 15 is 0 Å². The van der Waals surface area contributed by atoms with Crippen molar-refractivity contribution in [2.75, 3.05) is 25.1 Å². The van der Waals surface area contributed by atoms with E-state index in [1.54, 1.807) is 25.1 Å². The van der Waals surface area contributed by atoms with Crippen LogP contribution in [0.1, 0.15) is 64.6 Å². The van der Waals surface area contributed by atoms with Gasteiger partial charge in [0.15, 0.2) is 0 Å². The van der Waals surface area contributed by atoms with Crippen LogP contribution in [-0.2, 0) is 14.3 Å². The number of primary amides is 1. The first-order valence-corrected chi connectivity index (χ1v) is 13.3. The summed E-state index contributed by atoms with van der Waals surface area (Å²) in [7, 11) is 0. The Bertz CT molecular complexity index is 1330. The Morgan fingerprint density at radius 2 is 1.97 bits per heavy atom. The van der Waals surface area contributed by atoms with E-state index in [2.05, 4.69) is 15.6 Å². The maximum Gasteiger partial charge on any atom is 0.328 e. The van der Waals surface area contributed by atoms with Gasteiger partial charge < -0.3 is 35.4 Å². The minimum Gasteiger partial charge on any atom is -0.480 e. The molecule has 1 aliphatic rings. The molecular formula is C27H32N4O7S. The third kappa shape index (κ3) is 6.47. The Labute approximate surface area is 229 Å². The molecule has 1 aliphatic heterocycles. The number of hydrogen-bond donors (Lipinski definition) is 4. The smallest absolute Gasteiger partial charge is 0.328 e. The van der Waals surface area contributed by atoms with Gasteiger partial charge in [0.2, 0.25) is 11.8 Å². The van der Waals surface area contributed by atoms with Gasteiger partial charge in [-0.3, -0.25) is 9.59 Å². The van der Waals surface area contributed by atoms with Gasteiger partial charge in [0.25, 0.3) is 5.91 Å². The number of aliphatic carboxylic acids is 1. The predicted octanol–water partition coefficient (Wildman–Crippen LogP) is 3.75. The summed E-state index contributed by atoms with van der Waals surface area (Å²) in [4.78, 5) is 42.1. The Balaban J connectivity index is 1.69. The molecule has 0 bridgehead atoms. The summed E-state index contributed by atoms with van der Waals surface area (Å²) in [5.41, 5.74) is 6.00. The molecule has 11 nitrogen and oxygen atoms in total. The molecule has 1 aromatic carbocycles. The number of carboxylic acids is 1. The average Bonchev–Trinajstić information content (AvgIpc) is 3.54. The first-order chi connectivity index (χ1) is 18.6. The number of nitrogens with one attached hydrogen (secondary N) is 2. The van der Waals surface area contributed by atoms with E-state index in [-0.39, 0.29) is 18.2 Å². The minimum atomic E-state index is -1.50. The van der Waals surface area contributed by atoms with Crippen molar-refractivity contribution in [3.05, 3.63) is 59.0 Å². The molecule has 0 spiro atoms. The number of carboxylic acid groups (broad SMARTS) is 1. The van der Waals surface area contributed by atoms with Crippen molar-refractivity contribution in [2.45, 2.75) is 51.4 Å². The van der Waals surface area contributed by atoms with Gasteiger partial charge in [-0.1, -0.05) is 18.2 Å². The number of aromatic nitrogens is 1. The quantitative estimate of drug-likeness (QED) is 0.275. The van der Waals surface area contributed by atoms with Crippen molar-refractivity contribution in [1.82, 2.24) is 10.3 Å². The van der Waals surface area contributed by atoms with Crippen LogP contribution in [0.5, 0.6) is 0 Å². The van der Waals surface area contributed by atoms with Gasteiger partial charge in [-0.05, 0) is 50.8 Å². The molecule has 3 heterocycles. The van der Waals surface area contributed by atoms with Crippen molar-refractivity contribution in [3.8, 4) is 10.8 Å². The molecule has 1 atom stereocenters. The molecule has 0 aliphatic carbocycles. The molecule has 0 unspecified atom stereocenters. The average molecular weight is 557 g/mol. The second-order valence-electron chi connectivity index (χ2n) is 9.75. The number of amides is 2. The Hall–Kier alpha value is -3.74. The zero-order valence-corrected chi connectivity index (χ0v) is 22.8. The Morgan fingerprint density at radius 3 is 2.62 bits per heavy atom. The number of carbonyl (C=O) groups excluding carboxylic acids is 2. The zero-order chi connectivity index (χ0) is 28.2. The highest BCUT2D eigenvalue weighted by molar-refractivity contribution is 7.20. The van der Waals surface area contributed by atoms with Gasteiger partial charge >= 0.3 is 5.97 Å². The van der Waals surface area contributed by atoms with Gasteiger partial charge in [0.1, 0.15) is 22.9 Å². The van der Waals surface area contributed by atoms with Crippen LogP contribution in [0.4, 0.5) is 5.00 Å². The van der Waals surface area contributed by atoms with E-state index in [4.69, 9.17) is 19.6 Å². The van der Waals surface area contributed by atoms with Crippen LogP contribution in [0.15, 0.2) is 41.1 Å². The normalized spacial score (nSPS) is 15.1. The molecule has 5 N–H and O–H groups in total. The van der Waals surface area contributed by atoms with E-state index in [0.29, 0.717) is 58.5 Å². The number of rotatable bonds is 11. The van der Waals surface area contributed by atoms with E-state index in [0.717, 1.165) is 0 Å². The number of anilines is 1. The van der Waals surface area contributed by atoms with Crippen LogP contribution < -0.4 is 16.4 Å². The van der Waals surface area contributed by atoms with Crippen molar-refractivity contribution in [2.24, 2.45) is 5.73 Å². The van der Waals surface area contributed by atoms with Crippen LogP contribution in [-0.4, -0.2) is 59.3 Å². The Kier molecular flexibility index (Phi) is 8.68. The maximum absolute atomic E-state index is 13.4. The van der Waals surface area contributed by atoms with Gasteiger partial charge in [0, 0.05) is 25.3 Å². The summed E-state index contributed by atoms with van der Waals surface area (Å²) in [5, 5.41) is 15.9. The van der Waals surface area contributed by atoms with E-state index in [9.17, 15) is 19.5 Å². The lowest BCUT2D eigenvalue weighted by Crippen LogP contribution is -2.49. The molecule has 1 saturated heterocycles. The molecule has 12 heteroatoms. The third-order valence-corrected chi connectivity index (χ3v) is 7.74. The molecule has 0 radical (unpaired) electrons. The molecule has 0 saturated carbocycles. The molecule has 3 aromatic rings. The van der Waals surface area contributed by atoms with Crippen LogP contribution in [0.2, 0.25) is 0 Å². The fourth-order valence-corrected chi connectivity index (χ4v) is 5.46. The van der Waals surface area contributed by atoms with Gasteiger partial charge in [-0.15, -0.1) is 11.3 Å². The number of benzene rings is 1. The van der Waals surface area contributed by atoms with Crippen molar-refractivity contribution < 1.29 is 33.4 Å². The lowest BCUT2D eigenvalue weighted by Gasteiger charge is -2.29. The highest BCUT2D eigenvalue weighted by Crippen LogP contribution is 2.40. The minimum absolute atomic E-state index is 0.0847. The second-order valence-corrected chi connectivity index (χ2v) is 10.8. The fourth-order valence-electron chi connectivity index (χ4n) is 4.31. The van der Waals surface area contributed by atoms with Crippen LogP contribution in [0.3, 0.4) is 0 Å². The summed E-state index contributed by atoms with van der Waals surface area (Å²) in [6.45, 7) is 5.94. The number of nitrogens with zero attached hydrogens (tertiary/aromatic N) is 1. The molecule has 2 amide bonds. The number of carbonyl (C=O) groups is 3. The van der Waals surface area contributed by atoms with Gasteiger partial charge in [-0.2, -0.15) is 0 Å². The largest absolute Gasteiger partial charge is 0.480 e. The van der Waals surface area contributed by atoms with Gasteiger partial charge in [-0.25, -0.2) is 9.78 Å². The monoisotopic (exact) mass is 556 g/mol. The molecule has 1 fully saturated rings. The summed E-state index contributed by atoms with van der Waals surface area (Å²) in [6, 6.07) is 7.00. The zero-order valence-electron chi connectivity index (χ0n) is 22.0. The summed E-state index contributed by atoms with van der Waals surface area (Å²) in [6.07, 6.45) is 3.70. The van der Waals surface area contributed by atoms with E-state index in [1.165, 1.54) is 37.6 Å². The number of oxazole rings is 1. The van der Waals surface area contributed by atoms with Crippen LogP contribution in [0, 0.1) is 6.92 Å². The summed E-state index contributed by atoms with van der Waals surface area (Å²) in [5.74, 6) is -1.96. The highest BCUT2D eigenvalue weighted by Gasteiger charge is 2.33. The maximum atomic E-state index is 13.4. The molecule has 39 heavy (non-hydrogen) atoms. The highest BCUT2D eigenvalue weighted by atomic mass is 32.1. The van der Waals surface area contributed by atoms with Crippen LogP contribution in [0.25, 0.3) is 10.8 Å². The molecule has 208 valence electrons. The van der Waals surface area contributed by atoms with Crippen LogP contribution >= 0.6 is 11.3 Å². The lowest BCUT2D eigenvalue weighted by atomic mass is 10.0. The Morgan fingerprint density at radius 1 is 1.26 bits per heavy atom. The molecule has 4 rings (SSSR count). The second kappa shape index (κ2) is 12.0. The lowest BCUT2D eigenvalue weighted by molar-refractivity contribution is -0.143. The van der Waals surface area contributed by atoms with Crippen molar-refractivity contribution >= 4 is 34.1 Å². The summed E-state index contributed by atoms with van der Waals surface area (Å²) >= 11 is 1.26. The third-order valence-electron chi connectivity index (χ3n) is 6.51. The SMILES string of the molecule is Cc1c(-c2ncco2)sc(NC[C@H](OC2CCOCC2)c2ccccc2C(N)=O)c1C(=O)NC(C)(C)C(=O)O. The number of ether oxygens (including phenoxy) is 2. The molecule has 2 aromatic heterocycles. The van der Waals surface area contributed by atoms with Crippen molar-refractivity contribution in [1.29, 1.82) is 0 Å². The standard InChI is InChI=1S/C27H32N4O7S/c1-15-20(23(33)31-27(2,3)26(34)35)25(39-21(15)24-29-10-13-37-24)30-14-19(38-16-8-11-36-12-9-16)17-6-4-5-7-18(17)22(28)32/h4-7,10,13,16,19,30H,8-9,11-12,14H2,1-3H3,(H2,28,32)(H,31,33)(H,34,35)/t19-/m0/s1. The fraction of sp³-hybridized carbons (Fsp3) is 0.407. The topological polar surface area (TPSA) is 166 Å². The first kappa shape index (κ1) is 28.3. The first-order valence-electron chi connectivity index (χ1n) is 12.5. The van der Waals surface area contributed by atoms with Crippen molar-refractivity contribution in [3.63, 3.8) is 0 Å². The van der Waals surface area contributed by atoms with E-state index in [1.807, 2.05) is 6.07 Å². The predicted molar refractivity (Wildman–Crippen MR) is 145 cm³/mol. The number of nitrogens with two attached hydrogens (primary N) is 1. The molecular weight excluding hydrogens is 524 g/mol. The van der Waals surface area contributed by atoms with E-state index < -0.39 is 29.4 Å². The number of hydrogen-bond acceptors (Lipinski definition) is 9.